The molecule has 0 aliphatic heterocycles. The first-order valence-electron chi connectivity index (χ1n) is 8.96. The molecule has 4 aromatic rings. The Hall–Kier alpha value is -4.44. The van der Waals surface area contributed by atoms with Crippen LogP contribution in [0.2, 0.25) is 5.02 Å². The lowest BCUT2D eigenvalue weighted by Crippen LogP contribution is -2.16. The summed E-state index contributed by atoms with van der Waals surface area (Å²) in [5.74, 6) is -1.10. The molecule has 0 fully saturated rings. The van der Waals surface area contributed by atoms with Crippen molar-refractivity contribution < 1.29 is 28.5 Å². The highest BCUT2D eigenvalue weighted by Crippen LogP contribution is 2.27. The number of hydrogen-bond acceptors (Lipinski definition) is 7. The maximum Gasteiger partial charge on any atom is 0.337 e. The van der Waals surface area contributed by atoms with Crippen molar-refractivity contribution in [2.75, 3.05) is 0 Å². The number of rotatable bonds is 6. The molecule has 2 aromatic heterocycles. The number of carbonyl (C=O) groups excluding carboxylic acids is 1. The van der Waals surface area contributed by atoms with Gasteiger partial charge in [0.05, 0.1) is 21.7 Å². The minimum atomic E-state index is -1.13. The van der Waals surface area contributed by atoms with Gasteiger partial charge in [-0.1, -0.05) is 17.7 Å². The van der Waals surface area contributed by atoms with Crippen LogP contribution in [0.15, 0.2) is 68.5 Å². The van der Waals surface area contributed by atoms with E-state index in [1.165, 1.54) is 42.6 Å². The number of carboxylic acid groups (broad SMARTS) is 1. The second-order valence-electron chi connectivity index (χ2n) is 6.49. The monoisotopic (exact) mass is 453 g/mol. The topological polar surface area (TPSA) is 148 Å². The lowest BCUT2D eigenvalue weighted by molar-refractivity contribution is -0.384. The van der Waals surface area contributed by atoms with E-state index < -0.39 is 16.8 Å². The molecule has 0 bridgehead atoms. The number of hydrazone groups is 1. The molecule has 0 radical (unpaired) electrons. The Kier molecular flexibility index (Phi) is 5.44. The highest BCUT2D eigenvalue weighted by atomic mass is 35.5. The minimum Gasteiger partial charge on any atom is -0.478 e. The second-order valence-corrected chi connectivity index (χ2v) is 6.90. The van der Waals surface area contributed by atoms with E-state index >= 15 is 0 Å². The van der Waals surface area contributed by atoms with Gasteiger partial charge in [0.25, 0.3) is 5.69 Å². The van der Waals surface area contributed by atoms with Crippen LogP contribution in [0, 0.1) is 10.1 Å². The number of amides is 1. The van der Waals surface area contributed by atoms with Gasteiger partial charge >= 0.3 is 11.9 Å². The third-order valence-electron chi connectivity index (χ3n) is 4.40. The van der Waals surface area contributed by atoms with Crippen LogP contribution >= 0.6 is 11.6 Å². The third kappa shape index (κ3) is 4.20. The molecule has 0 aliphatic rings. The van der Waals surface area contributed by atoms with Crippen molar-refractivity contribution in [3.05, 3.63) is 86.8 Å². The van der Waals surface area contributed by atoms with Gasteiger partial charge in [-0.25, -0.2) is 10.2 Å². The number of non-ortho nitro benzene ring substituents is 1. The van der Waals surface area contributed by atoms with Gasteiger partial charge in [-0.05, 0) is 36.4 Å². The van der Waals surface area contributed by atoms with E-state index in [2.05, 4.69) is 10.5 Å². The molecule has 0 saturated carbocycles. The number of carbonyl (C=O) groups is 2. The minimum absolute atomic E-state index is 0.0216. The van der Waals surface area contributed by atoms with Crippen molar-refractivity contribution in [1.82, 2.24) is 5.43 Å². The van der Waals surface area contributed by atoms with Gasteiger partial charge in [0, 0.05) is 23.1 Å². The molecule has 2 N–H and O–H groups in total. The Morgan fingerprint density at radius 1 is 1.09 bits per heavy atom. The van der Waals surface area contributed by atoms with Crippen LogP contribution in [0.5, 0.6) is 0 Å². The van der Waals surface area contributed by atoms with E-state index in [-0.39, 0.29) is 22.0 Å². The average molecular weight is 454 g/mol. The maximum absolute atomic E-state index is 12.2. The quantitative estimate of drug-likeness (QED) is 0.244. The Labute approximate surface area is 183 Å². The lowest BCUT2D eigenvalue weighted by Gasteiger charge is -2.01. The van der Waals surface area contributed by atoms with Crippen molar-refractivity contribution in [2.45, 2.75) is 0 Å². The zero-order chi connectivity index (χ0) is 22.8. The number of fused-ring (bicyclic) bond motifs is 1. The summed E-state index contributed by atoms with van der Waals surface area (Å²) in [7, 11) is 0. The predicted molar refractivity (Wildman–Crippen MR) is 114 cm³/mol. The van der Waals surface area contributed by atoms with Gasteiger partial charge in [-0.15, -0.1) is 0 Å². The SMILES string of the molecule is O=C(N/N=C\c1ccc(-c2ccc(C(=O)O)c(Cl)c2)o1)c1cc2cc([N+](=O)[O-])ccc2o1. The van der Waals surface area contributed by atoms with E-state index in [9.17, 15) is 19.7 Å². The Balaban J connectivity index is 1.44. The van der Waals surface area contributed by atoms with Crippen molar-refractivity contribution in [3.63, 3.8) is 0 Å². The second kappa shape index (κ2) is 8.36. The van der Waals surface area contributed by atoms with Crippen LogP contribution in [0.3, 0.4) is 0 Å². The van der Waals surface area contributed by atoms with Gasteiger partial charge < -0.3 is 13.9 Å². The normalized spacial score (nSPS) is 11.2. The van der Waals surface area contributed by atoms with Crippen LogP contribution in [0.25, 0.3) is 22.3 Å². The first kappa shape index (κ1) is 20.8. The number of nitro benzene ring substituents is 1. The fourth-order valence-electron chi connectivity index (χ4n) is 2.89. The third-order valence-corrected chi connectivity index (χ3v) is 4.72. The lowest BCUT2D eigenvalue weighted by atomic mass is 10.1. The molecule has 0 aliphatic carbocycles. The molecule has 0 saturated heterocycles. The zero-order valence-electron chi connectivity index (χ0n) is 15.9. The number of aromatic carboxylic acids is 1. The number of nitrogens with one attached hydrogen (secondary N) is 1. The summed E-state index contributed by atoms with van der Waals surface area (Å²) in [5, 5.41) is 24.2. The van der Waals surface area contributed by atoms with Crippen LogP contribution in [0.4, 0.5) is 5.69 Å². The summed E-state index contributed by atoms with van der Waals surface area (Å²) in [4.78, 5) is 33.6. The molecule has 0 spiro atoms. The molecule has 32 heavy (non-hydrogen) atoms. The van der Waals surface area contributed by atoms with Gasteiger partial charge in [0.15, 0.2) is 5.76 Å². The van der Waals surface area contributed by atoms with Crippen LogP contribution < -0.4 is 5.43 Å². The summed E-state index contributed by atoms with van der Waals surface area (Å²) in [5.41, 5.74) is 3.04. The van der Waals surface area contributed by atoms with Crippen LogP contribution in [0.1, 0.15) is 26.7 Å². The molecule has 0 atom stereocenters. The first-order valence-corrected chi connectivity index (χ1v) is 9.34. The highest BCUT2D eigenvalue weighted by Gasteiger charge is 2.15. The van der Waals surface area contributed by atoms with E-state index in [0.29, 0.717) is 28.1 Å². The number of hydrogen-bond donors (Lipinski definition) is 2. The molecular formula is C21H12ClN3O7. The van der Waals surface area contributed by atoms with Crippen molar-refractivity contribution in [1.29, 1.82) is 0 Å². The van der Waals surface area contributed by atoms with Gasteiger partial charge in [-0.3, -0.25) is 14.9 Å². The van der Waals surface area contributed by atoms with Crippen molar-refractivity contribution in [3.8, 4) is 11.3 Å². The van der Waals surface area contributed by atoms with Crippen molar-refractivity contribution in [2.24, 2.45) is 5.10 Å². The highest BCUT2D eigenvalue weighted by molar-refractivity contribution is 6.33. The molecule has 0 unspecified atom stereocenters. The summed E-state index contributed by atoms with van der Waals surface area (Å²) >= 11 is 5.97. The zero-order valence-corrected chi connectivity index (χ0v) is 16.7. The maximum atomic E-state index is 12.2. The molecule has 2 aromatic carbocycles. The molecule has 10 nitrogen and oxygen atoms in total. The summed E-state index contributed by atoms with van der Waals surface area (Å²) in [6, 6.07) is 13.0. The van der Waals surface area contributed by atoms with E-state index in [1.54, 1.807) is 18.2 Å². The molecular weight excluding hydrogens is 442 g/mol. The van der Waals surface area contributed by atoms with E-state index in [4.69, 9.17) is 25.5 Å². The number of benzene rings is 2. The van der Waals surface area contributed by atoms with E-state index in [0.717, 1.165) is 0 Å². The summed E-state index contributed by atoms with van der Waals surface area (Å²) < 4.78 is 11.0. The smallest absolute Gasteiger partial charge is 0.337 e. The Morgan fingerprint density at radius 3 is 2.62 bits per heavy atom. The summed E-state index contributed by atoms with van der Waals surface area (Å²) in [6.07, 6.45) is 1.27. The first-order chi connectivity index (χ1) is 15.3. The number of halogens is 1. The van der Waals surface area contributed by atoms with Gasteiger partial charge in [-0.2, -0.15) is 5.10 Å². The van der Waals surface area contributed by atoms with Crippen molar-refractivity contribution >= 4 is 46.3 Å². The Bertz CT molecular complexity index is 1400. The van der Waals surface area contributed by atoms with Gasteiger partial charge in [0.2, 0.25) is 0 Å². The fourth-order valence-corrected chi connectivity index (χ4v) is 3.15. The van der Waals surface area contributed by atoms with Crippen LogP contribution in [-0.4, -0.2) is 28.1 Å². The fraction of sp³-hybridized carbons (Fsp3) is 0. The number of carboxylic acids is 1. The standard InChI is InChI=1S/C21H12ClN3O7/c22-16-8-11(1-4-15(16)21(27)28)17-6-3-14(31-17)10-23-24-20(26)19-9-12-7-13(25(29)30)2-5-18(12)32-19/h1-10H,(H,24,26)(H,27,28)/b23-10-. The van der Waals surface area contributed by atoms with Crippen LogP contribution in [-0.2, 0) is 0 Å². The number of nitro groups is 1. The molecule has 4 rings (SSSR count). The average Bonchev–Trinajstić information content (AvgIpc) is 3.39. The summed E-state index contributed by atoms with van der Waals surface area (Å²) in [6.45, 7) is 0. The van der Waals surface area contributed by atoms with E-state index in [1.807, 2.05) is 0 Å². The molecule has 1 amide bonds. The molecule has 2 heterocycles. The molecule has 11 heteroatoms. The largest absolute Gasteiger partial charge is 0.478 e. The molecule has 160 valence electrons. The Morgan fingerprint density at radius 2 is 1.91 bits per heavy atom. The number of nitrogens with zero attached hydrogens (tertiary/aromatic N) is 2. The predicted octanol–water partition coefficient (Wildman–Crippen LogP) is 4.72. The number of furan rings is 2. The van der Waals surface area contributed by atoms with Gasteiger partial charge in [0.1, 0.15) is 17.1 Å².